The topological polar surface area (TPSA) is 378 Å². The van der Waals surface area contributed by atoms with Gasteiger partial charge in [0, 0.05) is 29.2 Å². The van der Waals surface area contributed by atoms with Crippen molar-refractivity contribution in [3.8, 4) is 92.0 Å². The van der Waals surface area contributed by atoms with E-state index in [0.717, 1.165) is 38.9 Å². The van der Waals surface area contributed by atoms with Crippen LogP contribution in [0.25, 0.3) is 0 Å². The van der Waals surface area contributed by atoms with Crippen molar-refractivity contribution in [2.45, 2.75) is 44.1 Å². The Morgan fingerprint density at radius 1 is 0.396 bits per heavy atom. The highest BCUT2D eigenvalue weighted by molar-refractivity contribution is 6.01. The molecular formula is C80H84O26. The third-order valence-electron chi connectivity index (χ3n) is 19.8. The van der Waals surface area contributed by atoms with Gasteiger partial charge in [-0.1, -0.05) is 36.4 Å². The molecule has 0 spiro atoms. The number of carbonyl (C=O) groups is 5. The zero-order chi connectivity index (χ0) is 76.2. The van der Waals surface area contributed by atoms with Crippen LogP contribution in [0.2, 0.25) is 0 Å². The van der Waals surface area contributed by atoms with Crippen LogP contribution in [0.1, 0.15) is 66.9 Å². The zero-order valence-electron chi connectivity index (χ0n) is 59.4. The zero-order valence-corrected chi connectivity index (χ0v) is 59.4. The van der Waals surface area contributed by atoms with Gasteiger partial charge in [0.2, 0.25) is 0 Å². The molecule has 0 saturated carbocycles. The van der Waals surface area contributed by atoms with E-state index in [1.165, 1.54) is 93.3 Å². The highest BCUT2D eigenvalue weighted by Gasteiger charge is 2.48. The van der Waals surface area contributed by atoms with Crippen molar-refractivity contribution in [1.29, 1.82) is 0 Å². The van der Waals surface area contributed by atoms with Crippen LogP contribution in [0.15, 0.2) is 140 Å². The van der Waals surface area contributed by atoms with Gasteiger partial charge in [-0.25, -0.2) is 0 Å². The molecule has 13 rings (SSSR count). The van der Waals surface area contributed by atoms with Gasteiger partial charge in [0.25, 0.3) is 0 Å². The quantitative estimate of drug-likeness (QED) is 0.0183. The summed E-state index contributed by atoms with van der Waals surface area (Å²) in [6.45, 7) is 0.801. The van der Waals surface area contributed by atoms with Gasteiger partial charge in [-0.15, -0.1) is 0 Å². The summed E-state index contributed by atoms with van der Waals surface area (Å²) >= 11 is 0. The Balaban J connectivity index is 0.000000151. The Hall–Kier alpha value is -11.9. The van der Waals surface area contributed by atoms with Crippen molar-refractivity contribution in [3.63, 3.8) is 0 Å². The number of phenols is 8. The molecule has 4 fully saturated rings. The summed E-state index contributed by atoms with van der Waals surface area (Å²) in [6.07, 6.45) is 1.36. The molecule has 8 aromatic carbocycles. The van der Waals surface area contributed by atoms with E-state index in [9.17, 15) is 69.9 Å². The number of cyclic esters (lactones) is 4. The third kappa shape index (κ3) is 17.1. The van der Waals surface area contributed by atoms with Crippen LogP contribution in [0, 0.1) is 47.3 Å². The lowest BCUT2D eigenvalue weighted by atomic mass is 9.67. The molecule has 4 aliphatic heterocycles. The Morgan fingerprint density at radius 2 is 0.792 bits per heavy atom. The number of hydrogen-bond donors (Lipinski definition) is 9. The van der Waals surface area contributed by atoms with Crippen LogP contribution in [0.5, 0.6) is 92.0 Å². The first-order chi connectivity index (χ1) is 50.9. The van der Waals surface area contributed by atoms with Gasteiger partial charge in [-0.2, -0.15) is 0 Å². The van der Waals surface area contributed by atoms with Crippen molar-refractivity contribution in [2.24, 2.45) is 47.3 Å². The Morgan fingerprint density at radius 3 is 1.32 bits per heavy atom. The highest BCUT2D eigenvalue weighted by Crippen LogP contribution is 2.51. The number of rotatable bonds is 21. The fourth-order valence-electron chi connectivity index (χ4n) is 14.0. The number of hydrogen-bond acceptors (Lipinski definition) is 26. The molecule has 0 aromatic heterocycles. The summed E-state index contributed by atoms with van der Waals surface area (Å²) in [4.78, 5) is 61.8. The smallest absolute Gasteiger partial charge is 0.310 e. The van der Waals surface area contributed by atoms with Crippen molar-refractivity contribution < 1.29 is 127 Å². The fourth-order valence-corrected chi connectivity index (χ4v) is 14.0. The molecule has 5 aliphatic rings. The second-order valence-corrected chi connectivity index (χ2v) is 25.9. The second-order valence-electron chi connectivity index (χ2n) is 25.9. The molecule has 4 heterocycles. The summed E-state index contributed by atoms with van der Waals surface area (Å²) in [5.41, 5.74) is 7.06. The van der Waals surface area contributed by atoms with Crippen LogP contribution in [0.4, 0.5) is 0 Å². The summed E-state index contributed by atoms with van der Waals surface area (Å²) in [7, 11) is 11.7. The predicted molar refractivity (Wildman–Crippen MR) is 379 cm³/mol. The number of phenolic OH excluding ortho intramolecular Hbond substituents is 8. The van der Waals surface area contributed by atoms with Crippen LogP contribution in [-0.4, -0.2) is 159 Å². The summed E-state index contributed by atoms with van der Waals surface area (Å²) in [6, 6.07) is 37.5. The lowest BCUT2D eigenvalue weighted by molar-refractivity contribution is -0.142. The normalized spacial score (nSPS) is 20.5. The van der Waals surface area contributed by atoms with E-state index in [4.69, 9.17) is 56.8 Å². The Labute approximate surface area is 610 Å². The molecule has 9 N–H and O–H groups in total. The van der Waals surface area contributed by atoms with Crippen molar-refractivity contribution in [3.05, 3.63) is 190 Å². The van der Waals surface area contributed by atoms with Crippen LogP contribution in [-0.2, 0) is 70.2 Å². The van der Waals surface area contributed by atoms with Crippen LogP contribution in [0.3, 0.4) is 0 Å². The molecule has 0 bridgehead atoms. The lowest BCUT2D eigenvalue weighted by Crippen LogP contribution is -2.31. The number of ether oxygens (including phenoxy) is 12. The minimum absolute atomic E-state index is 0.000738. The molecule has 26 nitrogen and oxygen atoms in total. The molecule has 26 heteroatoms. The first-order valence-electron chi connectivity index (χ1n) is 33.8. The van der Waals surface area contributed by atoms with Crippen LogP contribution >= 0.6 is 0 Å². The lowest BCUT2D eigenvalue weighted by Gasteiger charge is -2.34. The maximum Gasteiger partial charge on any atom is 0.310 e. The van der Waals surface area contributed by atoms with Crippen molar-refractivity contribution in [1.82, 2.24) is 0 Å². The number of benzene rings is 8. The Bertz CT molecular complexity index is 4510. The average molecular weight is 1460 g/mol. The number of carbonyl (C=O) groups excluding carboxylic acids is 5. The minimum atomic E-state index is -0.963. The number of ketones is 1. The van der Waals surface area contributed by atoms with E-state index < -0.39 is 35.7 Å². The van der Waals surface area contributed by atoms with Gasteiger partial charge in [0.1, 0.15) is 6.61 Å². The number of methoxy groups -OCH3 is 8. The number of fused-ring (bicyclic) bond motifs is 2. The molecule has 0 amide bonds. The number of Topliss-reactive ketones (excluding diaryl/α,β-unsaturated/α-hetero) is 1. The summed E-state index contributed by atoms with van der Waals surface area (Å²) in [5, 5.41) is 89.3. The highest BCUT2D eigenvalue weighted by atomic mass is 16.6. The van der Waals surface area contributed by atoms with E-state index in [-0.39, 0.29) is 130 Å². The number of aliphatic hydroxyl groups excluding tert-OH is 1. The van der Waals surface area contributed by atoms with E-state index in [1.807, 2.05) is 12.1 Å². The van der Waals surface area contributed by atoms with Crippen LogP contribution < -0.4 is 37.9 Å². The Kier molecular flexibility index (Phi) is 24.7. The van der Waals surface area contributed by atoms with E-state index in [0.29, 0.717) is 84.5 Å². The maximum absolute atomic E-state index is 12.9. The second kappa shape index (κ2) is 34.1. The molecule has 0 radical (unpaired) electrons. The van der Waals surface area contributed by atoms with Gasteiger partial charge in [0.05, 0.1) is 112 Å². The van der Waals surface area contributed by atoms with E-state index >= 15 is 0 Å². The first-order valence-corrected chi connectivity index (χ1v) is 33.8. The molecular weight excluding hydrogens is 1380 g/mol. The van der Waals surface area contributed by atoms with E-state index in [2.05, 4.69) is 0 Å². The molecule has 106 heavy (non-hydrogen) atoms. The third-order valence-corrected chi connectivity index (χ3v) is 19.8. The molecule has 1 aliphatic carbocycles. The molecule has 4 saturated heterocycles. The molecule has 10 unspecified atom stereocenters. The summed E-state index contributed by atoms with van der Waals surface area (Å²) in [5.74, 6) is -1.65. The standard InChI is InChI=1S/C20H22O7.C20H20O7.C20H20O6.C20H22O6/c2*1-25-17-8-11(3-5-15(17)21)7-13-14(10-27-20(13)24)19(23)12-4-6-16(22)18(9-12)26-2;1-24-17-6-10(3-4-15(17)21)19-12-8-16(22)18(25-2)7-11(12)5-13-14(19)9-26-20(13)23;1-24-18-9-12(3-5-16(18)21)7-14-11-26-20(23)15(14)8-13-4-6-17(22)19(10-13)25-2/h3-6,8-9,13-14,19,21-23H,7,10H2,1-2H3;3-6,8-9,13-14,21-22H,7,10H2,1-2H3;3-4,6-8,13-14,19,21-22H,5,9H2,1-2H3;3-6,9-10,14-15,21-22H,7-8,11H2,1-2H3. The van der Waals surface area contributed by atoms with Gasteiger partial charge >= 0.3 is 23.9 Å². The number of aliphatic hydroxyl groups is 1. The van der Waals surface area contributed by atoms with Gasteiger partial charge in [-0.05, 0) is 180 Å². The van der Waals surface area contributed by atoms with Gasteiger partial charge in [-0.3, -0.25) is 24.0 Å². The number of aromatic hydroxyl groups is 8. The first kappa shape index (κ1) is 76.7. The van der Waals surface area contributed by atoms with Crippen molar-refractivity contribution >= 4 is 29.7 Å². The summed E-state index contributed by atoms with van der Waals surface area (Å²) < 4.78 is 62.0. The molecule has 560 valence electrons. The van der Waals surface area contributed by atoms with Gasteiger partial charge < -0.3 is 103 Å². The molecule has 8 aromatic rings. The molecule has 10 atom stereocenters. The number of esters is 4. The van der Waals surface area contributed by atoms with E-state index in [1.54, 1.807) is 91.0 Å². The predicted octanol–water partition coefficient (Wildman–Crippen LogP) is 9.79. The minimum Gasteiger partial charge on any atom is -0.504 e. The van der Waals surface area contributed by atoms with Crippen molar-refractivity contribution in [2.75, 3.05) is 83.3 Å². The SMILES string of the molecule is COc1cc(C2c3cc(O)c(OC)cc3CC3C(=O)OCC32)ccc1O.COc1cc(CC2C(=O)OCC2C(=O)c2ccc(O)c(OC)c2)ccc1O.COc1cc(CC2C(=O)OCC2C(O)c2ccc(O)c(OC)c2)ccc1O.COc1cc(CC2COC(=O)C2Cc2ccc(O)c(OC)c2)ccc1O. The largest absolute Gasteiger partial charge is 0.504 e. The fraction of sp³-hybridized carbons (Fsp3) is 0.338. The van der Waals surface area contributed by atoms with Gasteiger partial charge in [0.15, 0.2) is 97.8 Å². The maximum atomic E-state index is 12.9. The average Bonchev–Trinajstić information content (AvgIpc) is 1.42. The monoisotopic (exact) mass is 1460 g/mol.